The Balaban J connectivity index is 2.85. The van der Waals surface area contributed by atoms with Crippen molar-refractivity contribution in [2.45, 2.75) is 20.8 Å². The molecule has 0 heterocycles. The van der Waals surface area contributed by atoms with E-state index < -0.39 is 0 Å². The first kappa shape index (κ1) is 12.3. The second kappa shape index (κ2) is 4.86. The number of anilines is 1. The molecule has 0 aromatic heterocycles. The van der Waals surface area contributed by atoms with Gasteiger partial charge in [0.2, 0.25) is 5.69 Å². The average Bonchev–Trinajstić information content (AvgIpc) is 2.25. The van der Waals surface area contributed by atoms with E-state index in [0.717, 1.165) is 0 Å². The van der Waals surface area contributed by atoms with E-state index >= 15 is 0 Å². The first-order valence-electron chi connectivity index (χ1n) is 5.07. The fourth-order valence-electron chi connectivity index (χ4n) is 1.11. The molecule has 0 aliphatic heterocycles. The lowest BCUT2D eigenvalue weighted by Gasteiger charge is -2.19. The summed E-state index contributed by atoms with van der Waals surface area (Å²) >= 11 is 0. The van der Waals surface area contributed by atoms with Gasteiger partial charge in [-0.1, -0.05) is 20.8 Å². The molecule has 0 aliphatic carbocycles. The van der Waals surface area contributed by atoms with Crippen molar-refractivity contribution in [2.75, 3.05) is 12.0 Å². The van der Waals surface area contributed by atoms with Crippen molar-refractivity contribution in [3.05, 3.63) is 29.6 Å². The highest BCUT2D eigenvalue weighted by Gasteiger charge is 2.13. The van der Waals surface area contributed by atoms with Crippen molar-refractivity contribution in [3.63, 3.8) is 0 Å². The van der Waals surface area contributed by atoms with Crippen LogP contribution in [0.3, 0.4) is 0 Å². The van der Waals surface area contributed by atoms with Gasteiger partial charge in [0.05, 0.1) is 13.2 Å². The Morgan fingerprint density at radius 1 is 1.44 bits per heavy atom. The van der Waals surface area contributed by atoms with Gasteiger partial charge >= 0.3 is 0 Å². The summed E-state index contributed by atoms with van der Waals surface area (Å²) in [4.78, 5) is 3.41. The van der Waals surface area contributed by atoms with E-state index in [0.29, 0.717) is 23.7 Å². The number of nitrogen functional groups attached to an aromatic ring is 1. The maximum atomic E-state index is 7.07. The Morgan fingerprint density at radius 2 is 2.12 bits per heavy atom. The van der Waals surface area contributed by atoms with E-state index in [2.05, 4.69) is 31.0 Å². The van der Waals surface area contributed by atoms with E-state index in [1.54, 1.807) is 18.2 Å². The number of hydrogen-bond acceptors (Lipinski definition) is 3. The average molecular weight is 219 g/mol. The van der Waals surface area contributed by atoms with Crippen molar-refractivity contribution < 1.29 is 4.74 Å². The Kier molecular flexibility index (Phi) is 3.75. The van der Waals surface area contributed by atoms with E-state index in [-0.39, 0.29) is 5.41 Å². The zero-order chi connectivity index (χ0) is 12.2. The minimum Gasteiger partial charge on any atom is -0.504 e. The molecule has 0 radical (unpaired) electrons. The summed E-state index contributed by atoms with van der Waals surface area (Å²) in [5.41, 5.74) is 3.75. The molecule has 0 bridgehead atoms. The Bertz CT molecular complexity index is 402. The van der Waals surface area contributed by atoms with Gasteiger partial charge < -0.3 is 10.2 Å². The second-order valence-electron chi connectivity index (χ2n) is 4.79. The number of hydrogen-bond donors (Lipinski definition) is 2. The second-order valence-corrected chi connectivity index (χ2v) is 4.79. The van der Waals surface area contributed by atoms with Crippen molar-refractivity contribution in [1.82, 2.24) is 0 Å². The molecule has 4 heteroatoms. The minimum absolute atomic E-state index is 0.0735. The van der Waals surface area contributed by atoms with Crippen LogP contribution in [0.4, 0.5) is 11.4 Å². The zero-order valence-corrected chi connectivity index (χ0v) is 9.87. The summed E-state index contributed by atoms with van der Waals surface area (Å²) in [7, 11) is 0. The summed E-state index contributed by atoms with van der Waals surface area (Å²) in [6, 6.07) is 5.21. The largest absolute Gasteiger partial charge is 0.504 e. The number of nitrogens with two attached hydrogens (primary N) is 1. The molecule has 0 amide bonds. The third-order valence-electron chi connectivity index (χ3n) is 1.91. The SMILES string of the molecule is [C-]#[N+]c1cc(NN)ccc1OCC(C)(C)C. The van der Waals surface area contributed by atoms with Crippen molar-refractivity contribution in [3.8, 4) is 5.75 Å². The van der Waals surface area contributed by atoms with Crippen LogP contribution in [0.25, 0.3) is 4.85 Å². The van der Waals surface area contributed by atoms with Crippen molar-refractivity contribution in [1.29, 1.82) is 0 Å². The normalized spacial score (nSPS) is 10.7. The summed E-state index contributed by atoms with van der Waals surface area (Å²) < 4.78 is 5.61. The van der Waals surface area contributed by atoms with E-state index in [9.17, 15) is 0 Å². The fourth-order valence-corrected chi connectivity index (χ4v) is 1.11. The molecular weight excluding hydrogens is 202 g/mol. The molecule has 0 aliphatic rings. The smallest absolute Gasteiger partial charge is 0.230 e. The Morgan fingerprint density at radius 3 is 2.62 bits per heavy atom. The van der Waals surface area contributed by atoms with Gasteiger partial charge in [0.15, 0.2) is 0 Å². The van der Waals surface area contributed by atoms with Crippen LogP contribution >= 0.6 is 0 Å². The highest BCUT2D eigenvalue weighted by atomic mass is 16.5. The lowest BCUT2D eigenvalue weighted by atomic mass is 9.99. The zero-order valence-electron chi connectivity index (χ0n) is 9.87. The number of benzene rings is 1. The summed E-state index contributed by atoms with van der Waals surface area (Å²) in [6.45, 7) is 13.9. The molecule has 1 rings (SSSR count). The Hall–Kier alpha value is -1.73. The molecule has 86 valence electrons. The number of nitrogens with one attached hydrogen (secondary N) is 1. The number of rotatable bonds is 3. The molecular formula is C12H17N3O. The van der Waals surface area contributed by atoms with Crippen LogP contribution in [0.15, 0.2) is 18.2 Å². The van der Waals surface area contributed by atoms with Gasteiger partial charge in [-0.25, -0.2) is 4.85 Å². The van der Waals surface area contributed by atoms with Crippen LogP contribution in [-0.2, 0) is 0 Å². The maximum absolute atomic E-state index is 7.07. The number of ether oxygens (including phenoxy) is 1. The van der Waals surface area contributed by atoms with Crippen LogP contribution in [0, 0.1) is 12.0 Å². The van der Waals surface area contributed by atoms with Gasteiger partial charge in [0, 0.05) is 5.69 Å². The molecule has 1 aromatic carbocycles. The van der Waals surface area contributed by atoms with Gasteiger partial charge in [0.1, 0.15) is 5.75 Å². The molecule has 0 atom stereocenters. The summed E-state index contributed by atoms with van der Waals surface area (Å²) in [5, 5.41) is 0. The van der Waals surface area contributed by atoms with Crippen LogP contribution < -0.4 is 16.0 Å². The molecule has 16 heavy (non-hydrogen) atoms. The molecule has 0 saturated heterocycles. The monoisotopic (exact) mass is 219 g/mol. The molecule has 0 spiro atoms. The van der Waals surface area contributed by atoms with Crippen LogP contribution in [0.5, 0.6) is 5.75 Å². The molecule has 0 saturated carbocycles. The van der Waals surface area contributed by atoms with Crippen molar-refractivity contribution >= 4 is 11.4 Å². The topological polar surface area (TPSA) is 51.6 Å². The summed E-state index contributed by atoms with van der Waals surface area (Å²) in [6.07, 6.45) is 0. The first-order valence-corrected chi connectivity index (χ1v) is 5.07. The molecule has 1 aromatic rings. The van der Waals surface area contributed by atoms with Gasteiger partial charge in [-0.05, 0) is 23.6 Å². The van der Waals surface area contributed by atoms with Crippen LogP contribution in [0.1, 0.15) is 20.8 Å². The van der Waals surface area contributed by atoms with E-state index in [1.807, 2.05) is 0 Å². The quantitative estimate of drug-likeness (QED) is 0.467. The van der Waals surface area contributed by atoms with Gasteiger partial charge in [0.25, 0.3) is 0 Å². The number of nitrogens with zero attached hydrogens (tertiary/aromatic N) is 1. The highest BCUT2D eigenvalue weighted by molar-refractivity contribution is 5.65. The third kappa shape index (κ3) is 3.44. The third-order valence-corrected chi connectivity index (χ3v) is 1.91. The predicted octanol–water partition coefficient (Wildman–Crippen LogP) is 2.95. The summed E-state index contributed by atoms with van der Waals surface area (Å²) in [5.74, 6) is 5.87. The standard InChI is InChI=1S/C12H17N3O/c1-12(2,3)8-16-11-6-5-9(15-13)7-10(11)14-4/h5-7,15H,8,13H2,1-3H3. The maximum Gasteiger partial charge on any atom is 0.230 e. The highest BCUT2D eigenvalue weighted by Crippen LogP contribution is 2.31. The first-order chi connectivity index (χ1) is 7.46. The van der Waals surface area contributed by atoms with E-state index in [1.165, 1.54) is 0 Å². The van der Waals surface area contributed by atoms with Crippen molar-refractivity contribution in [2.24, 2.45) is 11.3 Å². The van der Waals surface area contributed by atoms with Gasteiger partial charge in [-0.3, -0.25) is 5.84 Å². The molecule has 0 unspecified atom stereocenters. The van der Waals surface area contributed by atoms with Crippen LogP contribution in [-0.4, -0.2) is 6.61 Å². The number of hydrazine groups is 1. The van der Waals surface area contributed by atoms with Crippen LogP contribution in [0.2, 0.25) is 0 Å². The minimum atomic E-state index is 0.0735. The Labute approximate surface area is 96.2 Å². The molecule has 3 N–H and O–H groups in total. The lowest BCUT2D eigenvalue weighted by Crippen LogP contribution is -2.16. The predicted molar refractivity (Wildman–Crippen MR) is 65.5 cm³/mol. The molecule has 0 fully saturated rings. The fraction of sp³-hybridized carbons (Fsp3) is 0.417. The lowest BCUT2D eigenvalue weighted by molar-refractivity contribution is 0.199. The van der Waals surface area contributed by atoms with Gasteiger partial charge in [-0.15, -0.1) is 0 Å². The van der Waals surface area contributed by atoms with Gasteiger partial charge in [-0.2, -0.15) is 0 Å². The van der Waals surface area contributed by atoms with E-state index in [4.69, 9.17) is 17.2 Å². The molecule has 4 nitrogen and oxygen atoms in total.